The lowest BCUT2D eigenvalue weighted by molar-refractivity contribution is -0.0511. The molecule has 3 heterocycles. The number of aliphatic hydroxyl groups is 3. The number of rotatable bonds is 2. The molecule has 0 aliphatic carbocycles. The van der Waals surface area contributed by atoms with Gasteiger partial charge < -0.3 is 36.7 Å². The van der Waals surface area contributed by atoms with Crippen LogP contribution in [0, 0.1) is 0 Å². The molecule has 0 bridgehead atoms. The summed E-state index contributed by atoms with van der Waals surface area (Å²) in [5, 5.41) is 28.7. The largest absolute Gasteiger partial charge is 0.412 e. The Morgan fingerprint density at radius 3 is 2.52 bits per heavy atom. The highest BCUT2D eigenvalue weighted by molar-refractivity contribution is 5.81. The van der Waals surface area contributed by atoms with E-state index in [1.165, 1.54) is 17.2 Å². The predicted octanol–water partition coefficient (Wildman–Crippen LogP) is -3.63. The summed E-state index contributed by atoms with van der Waals surface area (Å²) in [6.45, 7) is -0.390. The molecule has 0 unspecified atom stereocenters. The summed E-state index contributed by atoms with van der Waals surface area (Å²) in [6.07, 6.45) is -1.42. The van der Waals surface area contributed by atoms with Gasteiger partial charge in [-0.2, -0.15) is 0 Å². The summed E-state index contributed by atoms with van der Waals surface area (Å²) in [7, 11) is 0. The fourth-order valence-corrected chi connectivity index (χ4v) is 2.17. The zero-order chi connectivity index (χ0) is 13.6. The number of aliphatic hydroxyl groups excluding tert-OH is 3. The molecule has 0 amide bonds. The van der Waals surface area contributed by atoms with Gasteiger partial charge in [0.25, 0.3) is 0 Å². The topological polar surface area (TPSA) is 203 Å². The smallest absolute Gasteiger partial charge is 0.167 e. The van der Waals surface area contributed by atoms with E-state index in [9.17, 15) is 10.2 Å². The molecule has 2 aromatic heterocycles. The SMILES string of the molecule is Nc1ncnc2c1ncn2[C@@H]1O[C@H](CO)[C@@H](O)[C@@H]1O.O.O. The molecule has 1 saturated heterocycles. The van der Waals surface area contributed by atoms with Crippen LogP contribution in [0.4, 0.5) is 5.82 Å². The monoisotopic (exact) mass is 303 g/mol. The van der Waals surface area contributed by atoms with Crippen LogP contribution in [0.2, 0.25) is 0 Å². The number of fused-ring (bicyclic) bond motifs is 1. The van der Waals surface area contributed by atoms with E-state index in [1.54, 1.807) is 0 Å². The molecule has 0 saturated carbocycles. The first-order valence-electron chi connectivity index (χ1n) is 5.69. The van der Waals surface area contributed by atoms with Gasteiger partial charge in [0.05, 0.1) is 12.9 Å². The van der Waals surface area contributed by atoms with Gasteiger partial charge in [-0.05, 0) is 0 Å². The molecular weight excluding hydrogens is 286 g/mol. The molecule has 9 N–H and O–H groups in total. The lowest BCUT2D eigenvalue weighted by atomic mass is 10.1. The van der Waals surface area contributed by atoms with Crippen molar-refractivity contribution in [3.8, 4) is 0 Å². The van der Waals surface area contributed by atoms with Crippen molar-refractivity contribution in [2.24, 2.45) is 0 Å². The van der Waals surface area contributed by atoms with Gasteiger partial charge in [-0.1, -0.05) is 0 Å². The number of ether oxygens (including phenoxy) is 1. The van der Waals surface area contributed by atoms with Gasteiger partial charge in [0.2, 0.25) is 0 Å². The third-order valence-corrected chi connectivity index (χ3v) is 3.18. The number of aromatic nitrogens is 4. The minimum Gasteiger partial charge on any atom is -0.412 e. The molecule has 118 valence electrons. The van der Waals surface area contributed by atoms with Crippen molar-refractivity contribution in [2.45, 2.75) is 24.5 Å². The number of imidazole rings is 1. The third-order valence-electron chi connectivity index (χ3n) is 3.18. The summed E-state index contributed by atoms with van der Waals surface area (Å²) in [4.78, 5) is 11.9. The van der Waals surface area contributed by atoms with E-state index in [0.29, 0.717) is 11.2 Å². The summed E-state index contributed by atoms with van der Waals surface area (Å²) in [5.41, 5.74) is 6.44. The average molecular weight is 303 g/mol. The fourth-order valence-electron chi connectivity index (χ4n) is 2.17. The highest BCUT2D eigenvalue weighted by atomic mass is 16.6. The normalized spacial score (nSPS) is 28.1. The van der Waals surface area contributed by atoms with Gasteiger partial charge in [0, 0.05) is 0 Å². The third kappa shape index (κ3) is 2.53. The van der Waals surface area contributed by atoms with Crippen molar-refractivity contribution in [3.63, 3.8) is 0 Å². The quantitative estimate of drug-likeness (QED) is 0.434. The number of anilines is 1. The van der Waals surface area contributed by atoms with E-state index in [4.69, 9.17) is 15.6 Å². The molecule has 0 radical (unpaired) electrons. The van der Waals surface area contributed by atoms with Crippen LogP contribution < -0.4 is 5.73 Å². The Hall–Kier alpha value is -1.89. The molecule has 21 heavy (non-hydrogen) atoms. The van der Waals surface area contributed by atoms with Gasteiger partial charge in [-0.15, -0.1) is 0 Å². The van der Waals surface area contributed by atoms with Crippen LogP contribution >= 0.6 is 0 Å². The second-order valence-electron chi connectivity index (χ2n) is 4.31. The molecular formula is C10H17N5O6. The second kappa shape index (κ2) is 6.26. The minimum atomic E-state index is -1.19. The predicted molar refractivity (Wildman–Crippen MR) is 70.0 cm³/mol. The van der Waals surface area contributed by atoms with E-state index in [0.717, 1.165) is 0 Å². The van der Waals surface area contributed by atoms with Crippen molar-refractivity contribution in [1.29, 1.82) is 0 Å². The van der Waals surface area contributed by atoms with Gasteiger partial charge >= 0.3 is 0 Å². The van der Waals surface area contributed by atoms with Crippen LogP contribution in [-0.2, 0) is 4.74 Å². The second-order valence-corrected chi connectivity index (χ2v) is 4.31. The Morgan fingerprint density at radius 1 is 1.19 bits per heavy atom. The maximum atomic E-state index is 9.95. The van der Waals surface area contributed by atoms with E-state index in [-0.39, 0.29) is 16.8 Å². The zero-order valence-electron chi connectivity index (χ0n) is 10.8. The number of hydrogen-bond acceptors (Lipinski definition) is 8. The maximum Gasteiger partial charge on any atom is 0.167 e. The van der Waals surface area contributed by atoms with E-state index in [2.05, 4.69) is 15.0 Å². The molecule has 0 spiro atoms. The van der Waals surface area contributed by atoms with Crippen LogP contribution in [-0.4, -0.2) is 70.7 Å². The Bertz CT molecular complexity index is 607. The summed E-state index contributed by atoms with van der Waals surface area (Å²) < 4.78 is 6.85. The minimum absolute atomic E-state index is 0. The van der Waals surface area contributed by atoms with Gasteiger partial charge in [0.15, 0.2) is 17.7 Å². The molecule has 1 aliphatic heterocycles. The van der Waals surface area contributed by atoms with Crippen LogP contribution in [0.5, 0.6) is 0 Å². The lowest BCUT2D eigenvalue weighted by Gasteiger charge is -2.16. The Morgan fingerprint density at radius 2 is 1.90 bits per heavy atom. The maximum absolute atomic E-state index is 9.95. The highest BCUT2D eigenvalue weighted by Crippen LogP contribution is 2.31. The molecule has 0 aromatic carbocycles. The summed E-state index contributed by atoms with van der Waals surface area (Å²) >= 11 is 0. The molecule has 3 rings (SSSR count). The van der Waals surface area contributed by atoms with Crippen LogP contribution in [0.25, 0.3) is 11.2 Å². The standard InChI is InChI=1S/C10H13N5O4.2H2O/c11-8-5-9(13-2-12-8)15(3-14-5)10-7(18)6(17)4(1-16)19-10;;/h2-4,6-7,10,16-18H,1H2,(H2,11,12,13);2*1H2/t4-,6-,7+,10-;;/m1../s1. The molecule has 1 fully saturated rings. The molecule has 4 atom stereocenters. The first-order chi connectivity index (χ1) is 9.13. The molecule has 2 aromatic rings. The van der Waals surface area contributed by atoms with Gasteiger partial charge in [-0.25, -0.2) is 15.0 Å². The highest BCUT2D eigenvalue weighted by Gasteiger charge is 2.43. The van der Waals surface area contributed by atoms with Crippen molar-refractivity contribution in [3.05, 3.63) is 12.7 Å². The first-order valence-corrected chi connectivity index (χ1v) is 5.69. The molecule has 11 nitrogen and oxygen atoms in total. The van der Waals surface area contributed by atoms with E-state index < -0.39 is 31.1 Å². The number of hydrogen-bond donors (Lipinski definition) is 4. The first kappa shape index (κ1) is 17.2. The zero-order valence-corrected chi connectivity index (χ0v) is 10.8. The molecule has 1 aliphatic rings. The van der Waals surface area contributed by atoms with Crippen molar-refractivity contribution in [1.82, 2.24) is 19.5 Å². The Kier molecular flexibility index (Phi) is 5.11. The Balaban J connectivity index is 0.00000110. The number of nitrogens with zero attached hydrogens (tertiary/aromatic N) is 4. The Labute approximate surface area is 118 Å². The fraction of sp³-hybridized carbons (Fsp3) is 0.500. The van der Waals surface area contributed by atoms with Gasteiger partial charge in [0.1, 0.15) is 30.2 Å². The average Bonchev–Trinajstić information content (AvgIpc) is 2.94. The van der Waals surface area contributed by atoms with Crippen LogP contribution in [0.1, 0.15) is 6.23 Å². The van der Waals surface area contributed by atoms with Crippen LogP contribution in [0.15, 0.2) is 12.7 Å². The van der Waals surface area contributed by atoms with E-state index in [1.807, 2.05) is 0 Å². The number of nitrogen functional groups attached to an aromatic ring is 1. The summed E-state index contributed by atoms with van der Waals surface area (Å²) in [6, 6.07) is 0. The number of nitrogens with two attached hydrogens (primary N) is 1. The van der Waals surface area contributed by atoms with Crippen molar-refractivity contribution >= 4 is 17.0 Å². The van der Waals surface area contributed by atoms with Gasteiger partial charge in [-0.3, -0.25) is 4.57 Å². The van der Waals surface area contributed by atoms with Crippen LogP contribution in [0.3, 0.4) is 0 Å². The summed E-state index contributed by atoms with van der Waals surface area (Å²) in [5.74, 6) is 0.218. The van der Waals surface area contributed by atoms with Crippen molar-refractivity contribution < 1.29 is 31.0 Å². The lowest BCUT2D eigenvalue weighted by Crippen LogP contribution is -2.33. The van der Waals surface area contributed by atoms with E-state index >= 15 is 0 Å². The van der Waals surface area contributed by atoms with Crippen molar-refractivity contribution in [2.75, 3.05) is 12.3 Å². The molecule has 11 heteroatoms.